The first-order valence-corrected chi connectivity index (χ1v) is 11.5. The molecule has 4 aromatic rings. The van der Waals surface area contributed by atoms with Crippen LogP contribution in [0.15, 0.2) is 65.7 Å². The van der Waals surface area contributed by atoms with Crippen LogP contribution >= 0.6 is 0 Å². The quantitative estimate of drug-likeness (QED) is 0.356. The zero-order valence-corrected chi connectivity index (χ0v) is 20.2. The Morgan fingerprint density at radius 3 is 2.43 bits per heavy atom. The largest absolute Gasteiger partial charge is 0.478 e. The summed E-state index contributed by atoms with van der Waals surface area (Å²) in [7, 11) is 1.68. The van der Waals surface area contributed by atoms with Gasteiger partial charge in [-0.05, 0) is 66.6 Å². The number of carbonyl (C=O) groups is 1. The molecule has 0 amide bonds. The molecule has 2 heterocycles. The Hall–Kier alpha value is -3.77. The zero-order chi connectivity index (χ0) is 24.9. The molecule has 1 aromatic heterocycles. The second-order valence-corrected chi connectivity index (χ2v) is 9.66. The highest BCUT2D eigenvalue weighted by molar-refractivity contribution is 6.08. The topological polar surface area (TPSA) is 63.8 Å². The van der Waals surface area contributed by atoms with Crippen LogP contribution in [0.3, 0.4) is 0 Å². The number of fused-ring (bicyclic) bond motifs is 2. The van der Waals surface area contributed by atoms with E-state index in [1.165, 1.54) is 12.1 Å². The van der Waals surface area contributed by atoms with Crippen LogP contribution in [-0.2, 0) is 16.7 Å². The highest BCUT2D eigenvalue weighted by Gasteiger charge is 2.33. The van der Waals surface area contributed by atoms with Gasteiger partial charge in [-0.3, -0.25) is 4.99 Å². The van der Waals surface area contributed by atoms with E-state index in [1.807, 2.05) is 19.1 Å². The van der Waals surface area contributed by atoms with Crippen LogP contribution in [0.4, 0.5) is 4.39 Å². The van der Waals surface area contributed by atoms with Gasteiger partial charge >= 0.3 is 5.97 Å². The number of benzene rings is 3. The van der Waals surface area contributed by atoms with Gasteiger partial charge in [0.25, 0.3) is 0 Å². The number of carboxylic acid groups (broad SMARTS) is 1. The van der Waals surface area contributed by atoms with E-state index < -0.39 is 11.4 Å². The highest BCUT2D eigenvalue weighted by Crippen LogP contribution is 2.44. The van der Waals surface area contributed by atoms with Gasteiger partial charge in [-0.2, -0.15) is 0 Å². The fraction of sp³-hybridized carbons (Fsp3) is 0.241. The molecular weight excluding hydrogens is 443 g/mol. The van der Waals surface area contributed by atoms with Crippen molar-refractivity contribution >= 4 is 22.6 Å². The average Bonchev–Trinajstić information content (AvgIpc) is 3.36. The predicted molar refractivity (Wildman–Crippen MR) is 136 cm³/mol. The van der Waals surface area contributed by atoms with Crippen molar-refractivity contribution in [1.29, 1.82) is 0 Å². The smallest absolute Gasteiger partial charge is 0.335 e. The summed E-state index contributed by atoms with van der Waals surface area (Å²) in [6, 6.07) is 17.8. The van der Waals surface area contributed by atoms with Crippen molar-refractivity contribution in [2.75, 3.05) is 13.7 Å². The molecule has 3 aromatic carbocycles. The molecule has 0 saturated heterocycles. The Morgan fingerprint density at radius 2 is 1.80 bits per heavy atom. The van der Waals surface area contributed by atoms with Gasteiger partial charge in [0.15, 0.2) is 0 Å². The maximum Gasteiger partial charge on any atom is 0.335 e. The normalized spacial score (nSPS) is 13.2. The Labute approximate surface area is 203 Å². The number of methoxy groups -OCH3 is 1. The zero-order valence-electron chi connectivity index (χ0n) is 20.2. The van der Waals surface area contributed by atoms with Crippen molar-refractivity contribution in [3.8, 4) is 16.8 Å². The summed E-state index contributed by atoms with van der Waals surface area (Å²) in [5.74, 6) is -1.26. The van der Waals surface area contributed by atoms with Crippen molar-refractivity contribution in [3.63, 3.8) is 0 Å². The minimum absolute atomic E-state index is 0.235. The Kier molecular flexibility index (Phi) is 5.56. The lowest BCUT2D eigenvalue weighted by Gasteiger charge is -2.28. The summed E-state index contributed by atoms with van der Waals surface area (Å²) >= 11 is 0. The molecule has 178 valence electrons. The van der Waals surface area contributed by atoms with Gasteiger partial charge in [-0.1, -0.05) is 26.0 Å². The van der Waals surface area contributed by atoms with Gasteiger partial charge in [0.2, 0.25) is 0 Å². The maximum absolute atomic E-state index is 13.9. The molecular formula is C29H27FN2O3. The van der Waals surface area contributed by atoms with E-state index in [-0.39, 0.29) is 11.4 Å². The lowest BCUT2D eigenvalue weighted by molar-refractivity contribution is 0.0697. The summed E-state index contributed by atoms with van der Waals surface area (Å²) in [5.41, 5.74) is 7.86. The summed E-state index contributed by atoms with van der Waals surface area (Å²) in [4.78, 5) is 16.1. The van der Waals surface area contributed by atoms with Gasteiger partial charge in [0.05, 0.1) is 24.2 Å². The lowest BCUT2D eigenvalue weighted by atomic mass is 9.84. The third kappa shape index (κ3) is 3.84. The van der Waals surface area contributed by atoms with Crippen LogP contribution in [0.1, 0.15) is 48.0 Å². The van der Waals surface area contributed by atoms with E-state index in [0.29, 0.717) is 13.2 Å². The van der Waals surface area contributed by atoms with E-state index in [2.05, 4.69) is 35.5 Å². The molecule has 0 atom stereocenters. The standard InChI is InChI=1S/C29H27FN2O3/c1-17-23-14-25-24(13-20(23)15-31-17)26(18-5-7-19(8-6-18)28(33)34)27(29(2,3)16-35-4)32(25)22-11-9-21(30)10-12-22/h5-14H,15-16H2,1-4H3,(H,33,34). The number of aromatic nitrogens is 1. The Bertz CT molecular complexity index is 1480. The molecule has 0 aliphatic carbocycles. The van der Waals surface area contributed by atoms with Crippen LogP contribution in [0.25, 0.3) is 27.7 Å². The number of rotatable bonds is 6. The van der Waals surface area contributed by atoms with Crippen molar-refractivity contribution in [2.24, 2.45) is 4.99 Å². The van der Waals surface area contributed by atoms with E-state index in [0.717, 1.165) is 50.2 Å². The van der Waals surface area contributed by atoms with Crippen molar-refractivity contribution in [3.05, 3.63) is 88.9 Å². The Balaban J connectivity index is 1.92. The summed E-state index contributed by atoms with van der Waals surface area (Å²) in [6.45, 7) is 7.36. The van der Waals surface area contributed by atoms with Crippen LogP contribution in [0, 0.1) is 5.82 Å². The molecule has 0 fully saturated rings. The van der Waals surface area contributed by atoms with Crippen molar-refractivity contribution in [1.82, 2.24) is 4.57 Å². The fourth-order valence-corrected chi connectivity index (χ4v) is 5.13. The van der Waals surface area contributed by atoms with E-state index in [9.17, 15) is 14.3 Å². The average molecular weight is 471 g/mol. The van der Waals surface area contributed by atoms with Gasteiger partial charge in [0, 0.05) is 46.1 Å². The first kappa shape index (κ1) is 23.0. The van der Waals surface area contributed by atoms with Crippen molar-refractivity contribution < 1.29 is 19.0 Å². The number of hydrogen-bond acceptors (Lipinski definition) is 3. The van der Waals surface area contributed by atoms with Gasteiger partial charge < -0.3 is 14.4 Å². The van der Waals surface area contributed by atoms with Gasteiger partial charge in [-0.25, -0.2) is 9.18 Å². The molecule has 0 saturated carbocycles. The van der Waals surface area contributed by atoms with E-state index in [1.54, 1.807) is 31.4 Å². The lowest BCUT2D eigenvalue weighted by Crippen LogP contribution is -2.27. The van der Waals surface area contributed by atoms with Crippen LogP contribution in [0.5, 0.6) is 0 Å². The summed E-state index contributed by atoms with van der Waals surface area (Å²) in [5, 5.41) is 10.5. The fourth-order valence-electron chi connectivity index (χ4n) is 5.13. The van der Waals surface area contributed by atoms with Crippen LogP contribution in [0.2, 0.25) is 0 Å². The van der Waals surface area contributed by atoms with Crippen molar-refractivity contribution in [2.45, 2.75) is 32.7 Å². The number of nitrogens with zero attached hydrogens (tertiary/aromatic N) is 2. The third-order valence-corrected chi connectivity index (χ3v) is 6.72. The van der Waals surface area contributed by atoms with E-state index >= 15 is 0 Å². The van der Waals surface area contributed by atoms with Gasteiger partial charge in [-0.15, -0.1) is 0 Å². The molecule has 0 unspecified atom stereocenters. The molecule has 5 nitrogen and oxygen atoms in total. The molecule has 0 bridgehead atoms. The first-order valence-electron chi connectivity index (χ1n) is 11.5. The molecule has 0 spiro atoms. The number of halogens is 1. The highest BCUT2D eigenvalue weighted by atomic mass is 19.1. The van der Waals surface area contributed by atoms with Crippen LogP contribution < -0.4 is 0 Å². The minimum Gasteiger partial charge on any atom is -0.478 e. The Morgan fingerprint density at radius 1 is 1.11 bits per heavy atom. The summed E-state index contributed by atoms with van der Waals surface area (Å²) in [6.07, 6.45) is 0. The molecule has 5 rings (SSSR count). The van der Waals surface area contributed by atoms with E-state index in [4.69, 9.17) is 4.74 Å². The summed E-state index contributed by atoms with van der Waals surface area (Å²) < 4.78 is 21.7. The van der Waals surface area contributed by atoms with Crippen LogP contribution in [-0.4, -0.2) is 35.1 Å². The number of ether oxygens (including phenoxy) is 1. The maximum atomic E-state index is 13.9. The second-order valence-electron chi connectivity index (χ2n) is 9.66. The number of hydrogen-bond donors (Lipinski definition) is 1. The molecule has 1 aliphatic rings. The second kappa shape index (κ2) is 8.47. The third-order valence-electron chi connectivity index (χ3n) is 6.72. The van der Waals surface area contributed by atoms with Gasteiger partial charge in [0.1, 0.15) is 5.82 Å². The first-order chi connectivity index (χ1) is 16.7. The minimum atomic E-state index is -0.962. The number of aliphatic imine (C=N–C) groups is 1. The molecule has 35 heavy (non-hydrogen) atoms. The predicted octanol–water partition coefficient (Wildman–Crippen LogP) is 6.38. The molecule has 1 N–H and O–H groups in total. The number of aromatic carboxylic acids is 1. The SMILES string of the molecule is COCC(C)(C)c1c(-c2ccc(C(=O)O)cc2)c2cc3c(cc2n1-c1ccc(F)cc1)C(C)=NC3. The number of carboxylic acids is 1. The monoisotopic (exact) mass is 470 g/mol. The molecule has 6 heteroatoms. The molecule has 0 radical (unpaired) electrons. The molecule has 1 aliphatic heterocycles.